The fraction of sp³-hybridized carbons (Fsp3) is 0.667. The van der Waals surface area contributed by atoms with Gasteiger partial charge in [0.25, 0.3) is 0 Å². The molecule has 1 aromatic rings. The van der Waals surface area contributed by atoms with Gasteiger partial charge in [0, 0.05) is 31.6 Å². The first kappa shape index (κ1) is 14.5. The maximum Gasteiger partial charge on any atom is 0.222 e. The highest BCUT2D eigenvalue weighted by Gasteiger charge is 2.27. The predicted octanol–water partition coefficient (Wildman–Crippen LogP) is 3.19. The van der Waals surface area contributed by atoms with Crippen LogP contribution in [0.4, 0.5) is 0 Å². The lowest BCUT2D eigenvalue weighted by atomic mass is 10.0. The summed E-state index contributed by atoms with van der Waals surface area (Å²) in [5, 5.41) is 8.11. The van der Waals surface area contributed by atoms with Crippen molar-refractivity contribution in [3.8, 4) is 0 Å². The third kappa shape index (κ3) is 3.80. The number of amides is 1. The summed E-state index contributed by atoms with van der Waals surface area (Å²) in [5.74, 6) is 0.284. The zero-order chi connectivity index (χ0) is 13.7. The summed E-state index contributed by atoms with van der Waals surface area (Å²) in [7, 11) is 0. The van der Waals surface area contributed by atoms with Gasteiger partial charge in [0.05, 0.1) is 0 Å². The lowest BCUT2D eigenvalue weighted by Crippen LogP contribution is -2.36. The number of thiophene rings is 1. The maximum absolute atomic E-state index is 11.7. The molecule has 2 heterocycles. The topological polar surface area (TPSA) is 32.3 Å². The summed E-state index contributed by atoms with van der Waals surface area (Å²) in [4.78, 5) is 13.7. The summed E-state index contributed by atoms with van der Waals surface area (Å²) in [6, 6.07) is 3.10. The average Bonchev–Trinajstić information content (AvgIpc) is 3.08. The van der Waals surface area contributed by atoms with E-state index >= 15 is 0 Å². The van der Waals surface area contributed by atoms with Gasteiger partial charge in [-0.15, -0.1) is 0 Å². The Balaban J connectivity index is 1.90. The van der Waals surface area contributed by atoms with Gasteiger partial charge in [-0.3, -0.25) is 4.79 Å². The molecule has 2 atom stereocenters. The Kier molecular flexibility index (Phi) is 5.40. The second-order valence-electron chi connectivity index (χ2n) is 5.24. The fourth-order valence-electron chi connectivity index (χ4n) is 2.74. The Morgan fingerprint density at radius 3 is 3.05 bits per heavy atom. The molecule has 1 fully saturated rings. The van der Waals surface area contributed by atoms with Crippen molar-refractivity contribution in [2.24, 2.45) is 0 Å². The smallest absolute Gasteiger partial charge is 0.222 e. The maximum atomic E-state index is 11.7. The van der Waals surface area contributed by atoms with E-state index in [4.69, 9.17) is 0 Å². The molecule has 1 amide bonds. The second-order valence-corrected chi connectivity index (χ2v) is 6.02. The van der Waals surface area contributed by atoms with E-state index in [-0.39, 0.29) is 5.91 Å². The van der Waals surface area contributed by atoms with Crippen LogP contribution < -0.4 is 5.32 Å². The number of nitrogens with one attached hydrogen (secondary N) is 1. The number of carbonyl (C=O) groups excluding carboxylic acids is 1. The normalized spacial score (nSPS) is 20.7. The third-order valence-corrected chi connectivity index (χ3v) is 4.50. The van der Waals surface area contributed by atoms with E-state index in [1.807, 2.05) is 11.8 Å². The van der Waals surface area contributed by atoms with Crippen LogP contribution in [0.5, 0.6) is 0 Å². The summed E-state index contributed by atoms with van der Waals surface area (Å²) in [5.41, 5.74) is 1.40. The molecular formula is C15H24N2OS. The van der Waals surface area contributed by atoms with Gasteiger partial charge < -0.3 is 10.2 Å². The summed E-state index contributed by atoms with van der Waals surface area (Å²) in [6.07, 6.45) is 4.04. The molecule has 0 aromatic carbocycles. The van der Waals surface area contributed by atoms with Gasteiger partial charge in [-0.05, 0) is 35.2 Å². The predicted molar refractivity (Wildman–Crippen MR) is 80.4 cm³/mol. The molecule has 0 aliphatic carbocycles. The first-order valence-corrected chi connectivity index (χ1v) is 8.24. The number of rotatable bonds is 6. The van der Waals surface area contributed by atoms with E-state index in [1.54, 1.807) is 11.3 Å². The third-order valence-electron chi connectivity index (χ3n) is 3.80. The molecule has 0 bridgehead atoms. The minimum Gasteiger partial charge on any atom is -0.341 e. The monoisotopic (exact) mass is 280 g/mol. The van der Waals surface area contributed by atoms with Crippen molar-refractivity contribution < 1.29 is 4.79 Å². The van der Waals surface area contributed by atoms with Gasteiger partial charge in [0.2, 0.25) is 5.91 Å². The minimum atomic E-state index is 0.284. The SMILES string of the molecule is CCC[C@H](N[C@@H]1CCN(C(=O)CC)C1)c1ccsc1. The van der Waals surface area contributed by atoms with Crippen LogP contribution in [0.2, 0.25) is 0 Å². The number of likely N-dealkylation sites (tertiary alicyclic amines) is 1. The van der Waals surface area contributed by atoms with Gasteiger partial charge in [0.1, 0.15) is 0 Å². The average molecular weight is 280 g/mol. The highest BCUT2D eigenvalue weighted by atomic mass is 32.1. The van der Waals surface area contributed by atoms with Crippen LogP contribution in [0.15, 0.2) is 16.8 Å². The minimum absolute atomic E-state index is 0.284. The highest BCUT2D eigenvalue weighted by molar-refractivity contribution is 7.07. The van der Waals surface area contributed by atoms with E-state index in [0.29, 0.717) is 18.5 Å². The fourth-order valence-corrected chi connectivity index (χ4v) is 3.45. The Hall–Kier alpha value is -0.870. The first-order chi connectivity index (χ1) is 9.24. The van der Waals surface area contributed by atoms with Crippen molar-refractivity contribution in [2.45, 2.75) is 51.6 Å². The standard InChI is InChI=1S/C15H24N2OS/c1-3-5-14(12-7-9-19-11-12)16-13-6-8-17(10-13)15(18)4-2/h7,9,11,13-14,16H,3-6,8,10H2,1-2H3/t13-,14+/m1/s1. The Morgan fingerprint density at radius 1 is 1.58 bits per heavy atom. The zero-order valence-electron chi connectivity index (χ0n) is 11.9. The molecule has 1 aliphatic rings. The molecule has 0 unspecified atom stereocenters. The van der Waals surface area contributed by atoms with Crippen LogP contribution >= 0.6 is 11.3 Å². The number of hydrogen-bond acceptors (Lipinski definition) is 3. The lowest BCUT2D eigenvalue weighted by Gasteiger charge is -2.22. The van der Waals surface area contributed by atoms with E-state index < -0.39 is 0 Å². The zero-order valence-corrected chi connectivity index (χ0v) is 12.7. The van der Waals surface area contributed by atoms with Gasteiger partial charge >= 0.3 is 0 Å². The number of carbonyl (C=O) groups is 1. The van der Waals surface area contributed by atoms with Crippen LogP contribution in [0, 0.1) is 0 Å². The van der Waals surface area contributed by atoms with Crippen LogP contribution in [0.1, 0.15) is 51.1 Å². The van der Waals surface area contributed by atoms with Crippen LogP contribution in [-0.4, -0.2) is 29.9 Å². The summed E-state index contributed by atoms with van der Waals surface area (Å²) >= 11 is 1.76. The van der Waals surface area contributed by atoms with Crippen LogP contribution in [0.25, 0.3) is 0 Å². The van der Waals surface area contributed by atoms with Gasteiger partial charge in [-0.1, -0.05) is 20.3 Å². The molecular weight excluding hydrogens is 256 g/mol. The van der Waals surface area contributed by atoms with Crippen LogP contribution in [-0.2, 0) is 4.79 Å². The van der Waals surface area contributed by atoms with Gasteiger partial charge in [-0.25, -0.2) is 0 Å². The molecule has 1 aliphatic heterocycles. The molecule has 1 saturated heterocycles. The molecule has 0 saturated carbocycles. The molecule has 106 valence electrons. The Morgan fingerprint density at radius 2 is 2.42 bits per heavy atom. The van der Waals surface area contributed by atoms with Crippen molar-refractivity contribution in [2.75, 3.05) is 13.1 Å². The Labute approximate surface area is 120 Å². The van der Waals surface area contributed by atoms with Crippen molar-refractivity contribution in [3.05, 3.63) is 22.4 Å². The van der Waals surface area contributed by atoms with Gasteiger partial charge in [0.15, 0.2) is 0 Å². The van der Waals surface area contributed by atoms with E-state index in [0.717, 1.165) is 25.9 Å². The van der Waals surface area contributed by atoms with E-state index in [1.165, 1.54) is 12.0 Å². The lowest BCUT2D eigenvalue weighted by molar-refractivity contribution is -0.129. The van der Waals surface area contributed by atoms with Crippen LogP contribution in [0.3, 0.4) is 0 Å². The van der Waals surface area contributed by atoms with Gasteiger partial charge in [-0.2, -0.15) is 11.3 Å². The highest BCUT2D eigenvalue weighted by Crippen LogP contribution is 2.23. The van der Waals surface area contributed by atoms with E-state index in [2.05, 4.69) is 29.1 Å². The Bertz CT molecular complexity index is 391. The quantitative estimate of drug-likeness (QED) is 0.868. The molecule has 3 nitrogen and oxygen atoms in total. The summed E-state index contributed by atoms with van der Waals surface area (Å²) in [6.45, 7) is 5.95. The molecule has 19 heavy (non-hydrogen) atoms. The molecule has 0 radical (unpaired) electrons. The van der Waals surface area contributed by atoms with Crippen molar-refractivity contribution >= 4 is 17.2 Å². The molecule has 2 rings (SSSR count). The second kappa shape index (κ2) is 7.06. The number of hydrogen-bond donors (Lipinski definition) is 1. The molecule has 1 N–H and O–H groups in total. The van der Waals surface area contributed by atoms with Crippen molar-refractivity contribution in [3.63, 3.8) is 0 Å². The van der Waals surface area contributed by atoms with E-state index in [9.17, 15) is 4.79 Å². The molecule has 4 heteroatoms. The van der Waals surface area contributed by atoms with Crippen molar-refractivity contribution in [1.82, 2.24) is 10.2 Å². The molecule has 1 aromatic heterocycles. The summed E-state index contributed by atoms with van der Waals surface area (Å²) < 4.78 is 0. The molecule has 0 spiro atoms. The van der Waals surface area contributed by atoms with Crippen molar-refractivity contribution in [1.29, 1.82) is 0 Å². The number of nitrogens with zero attached hydrogens (tertiary/aromatic N) is 1. The largest absolute Gasteiger partial charge is 0.341 e. The first-order valence-electron chi connectivity index (χ1n) is 7.30.